The molecule has 1 radical (unpaired) electrons. The molecule has 0 N–H and O–H groups in total. The van der Waals surface area contributed by atoms with E-state index in [0.717, 1.165) is 15.9 Å². The molecule has 0 fully saturated rings. The molecular weight excluding hydrogens is 261 g/mol. The van der Waals surface area contributed by atoms with E-state index in [1.807, 2.05) is 42.5 Å². The predicted octanol–water partition coefficient (Wildman–Crippen LogP) is 3.24. The normalized spacial score (nSPS) is 11.4. The van der Waals surface area contributed by atoms with E-state index in [9.17, 15) is 0 Å². The summed E-state index contributed by atoms with van der Waals surface area (Å²) in [6.45, 7) is 2.09. The van der Waals surface area contributed by atoms with Gasteiger partial charge in [0.1, 0.15) is 0 Å². The molecule has 0 atom stereocenters. The third-order valence-electron chi connectivity index (χ3n) is 2.36. The van der Waals surface area contributed by atoms with Crippen molar-refractivity contribution in [3.05, 3.63) is 65.7 Å². The van der Waals surface area contributed by atoms with Crippen LogP contribution in [0, 0.1) is 6.92 Å². The summed E-state index contributed by atoms with van der Waals surface area (Å²) < 4.78 is 0.935. The summed E-state index contributed by atoms with van der Waals surface area (Å²) in [5.74, 6) is 0. The first-order chi connectivity index (χ1) is 7.77. The molecule has 0 aliphatic carbocycles. The van der Waals surface area contributed by atoms with Crippen molar-refractivity contribution >= 4 is 26.3 Å². The Balaban J connectivity index is 2.36. The molecule has 0 aromatic heterocycles. The van der Waals surface area contributed by atoms with Crippen LogP contribution in [0.1, 0.15) is 11.1 Å². The molecule has 0 aliphatic heterocycles. The van der Waals surface area contributed by atoms with Crippen LogP contribution in [-0.2, 0) is 0 Å². The summed E-state index contributed by atoms with van der Waals surface area (Å²) in [5, 5.41) is 0. The van der Waals surface area contributed by atoms with Crippen LogP contribution >= 0.6 is 0 Å². The summed E-state index contributed by atoms with van der Waals surface area (Å²) in [5.41, 5.74) is 3.36. The predicted molar refractivity (Wildman–Crippen MR) is 69.6 cm³/mol. The van der Waals surface area contributed by atoms with Crippen LogP contribution in [0.5, 0.6) is 0 Å². The Kier molecular flexibility index (Phi) is 3.55. The van der Waals surface area contributed by atoms with Crippen LogP contribution in [0.4, 0.5) is 5.69 Å². The number of hydrogen-bond acceptors (Lipinski definition) is 1. The number of para-hydroxylation sites is 1. The van der Waals surface area contributed by atoms with Crippen LogP contribution in [-0.4, -0.2) is 20.6 Å². The second kappa shape index (κ2) is 5.11. The standard InChI is InChI=1S/C14H12NSe/c1-11-7-5-6-10-13(11)14(16)15-12-8-3-2-4-9-12/h2-10H,1H3. The van der Waals surface area contributed by atoms with Gasteiger partial charge < -0.3 is 0 Å². The molecule has 2 aromatic rings. The van der Waals surface area contributed by atoms with E-state index in [2.05, 4.69) is 40.1 Å². The van der Waals surface area contributed by atoms with Crippen molar-refractivity contribution in [1.29, 1.82) is 0 Å². The van der Waals surface area contributed by atoms with Gasteiger partial charge >= 0.3 is 104 Å². The summed E-state index contributed by atoms with van der Waals surface area (Å²) in [7, 11) is 0. The molecule has 0 amide bonds. The van der Waals surface area contributed by atoms with E-state index in [4.69, 9.17) is 0 Å². The Labute approximate surface area is 104 Å². The molecule has 79 valence electrons. The van der Waals surface area contributed by atoms with E-state index in [1.165, 1.54) is 5.56 Å². The van der Waals surface area contributed by atoms with Crippen LogP contribution in [0.15, 0.2) is 59.6 Å². The van der Waals surface area contributed by atoms with Crippen molar-refractivity contribution in [3.8, 4) is 0 Å². The third-order valence-corrected chi connectivity index (χ3v) is 3.02. The van der Waals surface area contributed by atoms with Gasteiger partial charge in [0.2, 0.25) is 0 Å². The molecule has 0 aliphatic rings. The second-order valence-corrected chi connectivity index (χ2v) is 4.38. The number of hydrogen-bond donors (Lipinski definition) is 0. The van der Waals surface area contributed by atoms with Crippen molar-refractivity contribution in [2.24, 2.45) is 4.99 Å². The molecule has 1 nitrogen and oxygen atoms in total. The van der Waals surface area contributed by atoms with Gasteiger partial charge in [0.15, 0.2) is 0 Å². The average Bonchev–Trinajstić information content (AvgIpc) is 2.31. The van der Waals surface area contributed by atoms with Gasteiger partial charge in [0.05, 0.1) is 0 Å². The number of benzene rings is 2. The number of rotatable bonds is 2. The third kappa shape index (κ3) is 2.60. The van der Waals surface area contributed by atoms with Crippen molar-refractivity contribution in [1.82, 2.24) is 0 Å². The van der Waals surface area contributed by atoms with Gasteiger partial charge in [-0.05, 0) is 0 Å². The molecule has 2 aromatic carbocycles. The van der Waals surface area contributed by atoms with Crippen molar-refractivity contribution < 1.29 is 0 Å². The average molecular weight is 273 g/mol. The Morgan fingerprint density at radius 3 is 2.25 bits per heavy atom. The monoisotopic (exact) mass is 274 g/mol. The second-order valence-electron chi connectivity index (χ2n) is 3.57. The topological polar surface area (TPSA) is 12.4 Å². The molecule has 2 rings (SSSR count). The summed E-state index contributed by atoms with van der Waals surface area (Å²) in [4.78, 5) is 4.55. The molecule has 0 saturated heterocycles. The first-order valence-electron chi connectivity index (χ1n) is 5.14. The Morgan fingerprint density at radius 1 is 0.938 bits per heavy atom. The van der Waals surface area contributed by atoms with Crippen LogP contribution in [0.25, 0.3) is 0 Å². The quantitative estimate of drug-likeness (QED) is 0.588. The molecule has 0 spiro atoms. The summed E-state index contributed by atoms with van der Waals surface area (Å²) in [6.07, 6.45) is 0. The Morgan fingerprint density at radius 2 is 1.56 bits per heavy atom. The minimum absolute atomic E-state index is 0.935. The zero-order valence-electron chi connectivity index (χ0n) is 9.05. The number of aliphatic imine (C=N–C) groups is 1. The molecule has 0 heterocycles. The Hall–Kier alpha value is -1.37. The van der Waals surface area contributed by atoms with E-state index in [1.54, 1.807) is 0 Å². The van der Waals surface area contributed by atoms with Gasteiger partial charge in [-0.25, -0.2) is 0 Å². The van der Waals surface area contributed by atoms with E-state index in [0.29, 0.717) is 0 Å². The molecule has 0 bridgehead atoms. The van der Waals surface area contributed by atoms with Crippen molar-refractivity contribution in [3.63, 3.8) is 0 Å². The zero-order chi connectivity index (χ0) is 11.4. The first-order valence-corrected chi connectivity index (χ1v) is 6.00. The van der Waals surface area contributed by atoms with Gasteiger partial charge in [-0.1, -0.05) is 0 Å². The zero-order valence-corrected chi connectivity index (χ0v) is 10.8. The molecule has 16 heavy (non-hydrogen) atoms. The summed E-state index contributed by atoms with van der Waals surface area (Å²) >= 11 is 3.03. The van der Waals surface area contributed by atoms with Gasteiger partial charge in [-0.2, -0.15) is 0 Å². The number of aryl methyl sites for hydroxylation is 1. The first kappa shape index (κ1) is 11.1. The maximum atomic E-state index is 4.55. The van der Waals surface area contributed by atoms with Crippen LogP contribution < -0.4 is 0 Å². The minimum atomic E-state index is 0.935. The van der Waals surface area contributed by atoms with E-state index in [-0.39, 0.29) is 0 Å². The Bertz CT molecular complexity index is 503. The van der Waals surface area contributed by atoms with E-state index >= 15 is 0 Å². The van der Waals surface area contributed by atoms with Crippen LogP contribution in [0.2, 0.25) is 0 Å². The fraction of sp³-hybridized carbons (Fsp3) is 0.0714. The summed E-state index contributed by atoms with van der Waals surface area (Å²) in [6, 6.07) is 18.2. The molecule has 0 saturated carbocycles. The van der Waals surface area contributed by atoms with Gasteiger partial charge in [0, 0.05) is 0 Å². The van der Waals surface area contributed by atoms with Gasteiger partial charge in [-0.3, -0.25) is 0 Å². The molecule has 2 heteroatoms. The van der Waals surface area contributed by atoms with E-state index < -0.39 is 0 Å². The maximum absolute atomic E-state index is 4.55. The fourth-order valence-electron chi connectivity index (χ4n) is 1.49. The number of nitrogens with zero attached hydrogens (tertiary/aromatic N) is 1. The van der Waals surface area contributed by atoms with Gasteiger partial charge in [0.25, 0.3) is 0 Å². The van der Waals surface area contributed by atoms with Crippen molar-refractivity contribution in [2.75, 3.05) is 0 Å². The fourth-order valence-corrected chi connectivity index (χ4v) is 2.19. The molecule has 0 unspecified atom stereocenters. The van der Waals surface area contributed by atoms with Crippen molar-refractivity contribution in [2.45, 2.75) is 6.92 Å². The SMILES string of the molecule is Cc1ccccc1C([Se])=Nc1ccccc1. The van der Waals surface area contributed by atoms with Crippen LogP contribution in [0.3, 0.4) is 0 Å². The van der Waals surface area contributed by atoms with Gasteiger partial charge in [-0.15, -0.1) is 0 Å². The molecular formula is C14H12NSe.